The molecule has 8 heteroatoms. The van der Waals surface area contributed by atoms with E-state index in [0.29, 0.717) is 0 Å². The van der Waals surface area contributed by atoms with E-state index >= 15 is 0 Å². The summed E-state index contributed by atoms with van der Waals surface area (Å²) in [6.07, 6.45) is -5.13. The van der Waals surface area contributed by atoms with E-state index in [-0.39, 0.29) is 25.4 Å². The molecule has 0 heterocycles. The lowest BCUT2D eigenvalue weighted by atomic mass is 10.2. The quantitative estimate of drug-likeness (QED) is 0.908. The lowest BCUT2D eigenvalue weighted by Gasteiger charge is -2.22. The number of hydrogen-bond acceptors (Lipinski definition) is 3. The molecule has 0 aliphatic heterocycles. The Kier molecular flexibility index (Phi) is 6.21. The minimum absolute atomic E-state index is 0.0372. The van der Waals surface area contributed by atoms with E-state index in [9.17, 15) is 22.8 Å². The van der Waals surface area contributed by atoms with Gasteiger partial charge in [0.05, 0.1) is 12.2 Å². The number of rotatable bonds is 5. The number of nitrogens with zero attached hydrogens (tertiary/aromatic N) is 1. The zero-order chi connectivity index (χ0) is 16.8. The SMILES string of the molecule is CCOC(=O)NCCN(C(C)=O)c1cccc(C(F)(F)F)c1. The highest BCUT2D eigenvalue weighted by Crippen LogP contribution is 2.31. The van der Waals surface area contributed by atoms with Crippen molar-refractivity contribution in [2.45, 2.75) is 20.0 Å². The highest BCUT2D eigenvalue weighted by molar-refractivity contribution is 5.91. The van der Waals surface area contributed by atoms with Gasteiger partial charge in [-0.25, -0.2) is 4.79 Å². The zero-order valence-corrected chi connectivity index (χ0v) is 12.2. The number of alkyl carbamates (subject to hydrolysis) is 1. The maximum absolute atomic E-state index is 12.7. The van der Waals surface area contributed by atoms with Crippen LogP contribution in [0.5, 0.6) is 0 Å². The van der Waals surface area contributed by atoms with Crippen LogP contribution in [0.4, 0.5) is 23.7 Å². The molecule has 2 amide bonds. The van der Waals surface area contributed by atoms with Gasteiger partial charge in [0.2, 0.25) is 5.91 Å². The molecule has 0 spiro atoms. The van der Waals surface area contributed by atoms with Crippen LogP contribution >= 0.6 is 0 Å². The fourth-order valence-corrected chi connectivity index (χ4v) is 1.77. The average molecular weight is 318 g/mol. The second-order valence-electron chi connectivity index (χ2n) is 4.37. The van der Waals surface area contributed by atoms with Crippen molar-refractivity contribution in [3.63, 3.8) is 0 Å². The van der Waals surface area contributed by atoms with Crippen molar-refractivity contribution in [2.75, 3.05) is 24.6 Å². The summed E-state index contributed by atoms with van der Waals surface area (Å²) in [5.74, 6) is -0.426. The Bertz CT molecular complexity index is 532. The largest absolute Gasteiger partial charge is 0.450 e. The molecule has 1 aromatic rings. The Hall–Kier alpha value is -2.25. The van der Waals surface area contributed by atoms with Gasteiger partial charge in [-0.1, -0.05) is 6.07 Å². The van der Waals surface area contributed by atoms with Crippen LogP contribution in [0, 0.1) is 0 Å². The zero-order valence-electron chi connectivity index (χ0n) is 12.2. The van der Waals surface area contributed by atoms with Crippen molar-refractivity contribution in [1.29, 1.82) is 0 Å². The topological polar surface area (TPSA) is 58.6 Å². The average Bonchev–Trinajstić information content (AvgIpc) is 2.42. The standard InChI is InChI=1S/C14H17F3N2O3/c1-3-22-13(21)18-7-8-19(10(2)20)12-6-4-5-11(9-12)14(15,16)17/h4-6,9H,3,7-8H2,1-2H3,(H,18,21). The molecule has 0 radical (unpaired) electrons. The number of hydrogen-bond donors (Lipinski definition) is 1. The van der Waals surface area contributed by atoms with Gasteiger partial charge < -0.3 is 15.0 Å². The summed E-state index contributed by atoms with van der Waals surface area (Å²) in [5, 5.41) is 2.41. The Morgan fingerprint density at radius 1 is 1.32 bits per heavy atom. The molecule has 1 N–H and O–H groups in total. The predicted octanol–water partition coefficient (Wildman–Crippen LogP) is 2.80. The number of halogens is 3. The molecule has 1 aromatic carbocycles. The first-order chi connectivity index (χ1) is 10.3. The van der Waals surface area contributed by atoms with E-state index < -0.39 is 23.7 Å². The predicted molar refractivity (Wildman–Crippen MR) is 74.5 cm³/mol. The first kappa shape index (κ1) is 17.8. The van der Waals surface area contributed by atoms with E-state index in [0.717, 1.165) is 17.0 Å². The summed E-state index contributed by atoms with van der Waals surface area (Å²) in [7, 11) is 0. The van der Waals surface area contributed by atoms with E-state index in [1.165, 1.54) is 19.1 Å². The molecule has 0 fully saturated rings. The van der Waals surface area contributed by atoms with Crippen LogP contribution in [0.2, 0.25) is 0 Å². The maximum atomic E-state index is 12.7. The molecule has 0 aliphatic carbocycles. The Labute approximate surface area is 126 Å². The van der Waals surface area contributed by atoms with Gasteiger partial charge in [0.25, 0.3) is 0 Å². The van der Waals surface area contributed by atoms with Crippen LogP contribution in [0.15, 0.2) is 24.3 Å². The molecule has 1 rings (SSSR count). The molecular formula is C14H17F3N2O3. The van der Waals surface area contributed by atoms with Gasteiger partial charge in [0.15, 0.2) is 0 Å². The third-order valence-electron chi connectivity index (χ3n) is 2.75. The van der Waals surface area contributed by atoms with E-state index in [1.807, 2.05) is 0 Å². The molecule has 0 aliphatic rings. The van der Waals surface area contributed by atoms with E-state index in [1.54, 1.807) is 6.92 Å². The Morgan fingerprint density at radius 3 is 2.55 bits per heavy atom. The summed E-state index contributed by atoms with van der Waals surface area (Å²) >= 11 is 0. The fraction of sp³-hybridized carbons (Fsp3) is 0.429. The number of carbonyl (C=O) groups is 2. The van der Waals surface area contributed by atoms with Gasteiger partial charge in [0.1, 0.15) is 0 Å². The van der Waals surface area contributed by atoms with Gasteiger partial charge in [0, 0.05) is 25.7 Å². The van der Waals surface area contributed by atoms with Crippen LogP contribution in [0.1, 0.15) is 19.4 Å². The normalized spacial score (nSPS) is 11.0. The van der Waals surface area contributed by atoms with Crippen molar-refractivity contribution in [2.24, 2.45) is 0 Å². The molecule has 0 bridgehead atoms. The van der Waals surface area contributed by atoms with Crippen molar-refractivity contribution in [3.05, 3.63) is 29.8 Å². The monoisotopic (exact) mass is 318 g/mol. The van der Waals surface area contributed by atoms with Crippen LogP contribution < -0.4 is 10.2 Å². The van der Waals surface area contributed by atoms with Crippen LogP contribution in [-0.4, -0.2) is 31.7 Å². The minimum Gasteiger partial charge on any atom is -0.450 e. The third-order valence-corrected chi connectivity index (χ3v) is 2.75. The van der Waals surface area contributed by atoms with Crippen LogP contribution in [0.25, 0.3) is 0 Å². The van der Waals surface area contributed by atoms with Gasteiger partial charge >= 0.3 is 12.3 Å². The molecule has 5 nitrogen and oxygen atoms in total. The second-order valence-corrected chi connectivity index (χ2v) is 4.37. The number of nitrogens with one attached hydrogen (secondary N) is 1. The fourth-order valence-electron chi connectivity index (χ4n) is 1.77. The van der Waals surface area contributed by atoms with Crippen molar-refractivity contribution >= 4 is 17.7 Å². The highest BCUT2D eigenvalue weighted by Gasteiger charge is 2.31. The summed E-state index contributed by atoms with van der Waals surface area (Å²) in [6, 6.07) is 4.46. The molecule has 122 valence electrons. The minimum atomic E-state index is -4.48. The number of alkyl halides is 3. The maximum Gasteiger partial charge on any atom is 0.416 e. The first-order valence-electron chi connectivity index (χ1n) is 6.61. The van der Waals surface area contributed by atoms with Crippen molar-refractivity contribution < 1.29 is 27.5 Å². The lowest BCUT2D eigenvalue weighted by Crippen LogP contribution is -2.37. The number of benzene rings is 1. The van der Waals surface area contributed by atoms with Crippen molar-refractivity contribution in [3.8, 4) is 0 Å². The lowest BCUT2D eigenvalue weighted by molar-refractivity contribution is -0.137. The molecule has 0 saturated carbocycles. The molecule has 0 atom stereocenters. The van der Waals surface area contributed by atoms with Crippen LogP contribution in [0.3, 0.4) is 0 Å². The molecular weight excluding hydrogens is 301 g/mol. The molecule has 0 unspecified atom stereocenters. The number of ether oxygens (including phenoxy) is 1. The Balaban J connectivity index is 2.79. The van der Waals surface area contributed by atoms with E-state index in [4.69, 9.17) is 0 Å². The van der Waals surface area contributed by atoms with Gasteiger partial charge in [-0.3, -0.25) is 4.79 Å². The van der Waals surface area contributed by atoms with E-state index in [2.05, 4.69) is 10.1 Å². The van der Waals surface area contributed by atoms with Crippen LogP contribution in [-0.2, 0) is 15.7 Å². The molecule has 22 heavy (non-hydrogen) atoms. The van der Waals surface area contributed by atoms with Gasteiger partial charge in [-0.15, -0.1) is 0 Å². The molecule has 0 saturated heterocycles. The second kappa shape index (κ2) is 7.67. The summed E-state index contributed by atoms with van der Waals surface area (Å²) < 4.78 is 42.7. The summed E-state index contributed by atoms with van der Waals surface area (Å²) in [5.41, 5.74) is -0.720. The number of carbonyl (C=O) groups excluding carboxylic acids is 2. The highest BCUT2D eigenvalue weighted by atomic mass is 19.4. The number of anilines is 1. The smallest absolute Gasteiger partial charge is 0.416 e. The first-order valence-corrected chi connectivity index (χ1v) is 6.61. The third kappa shape index (κ3) is 5.27. The number of amides is 2. The van der Waals surface area contributed by atoms with Gasteiger partial charge in [-0.2, -0.15) is 13.2 Å². The summed E-state index contributed by atoms with van der Waals surface area (Å²) in [4.78, 5) is 23.9. The summed E-state index contributed by atoms with van der Waals surface area (Å²) in [6.45, 7) is 3.19. The van der Waals surface area contributed by atoms with Crippen molar-refractivity contribution in [1.82, 2.24) is 5.32 Å². The molecule has 0 aromatic heterocycles. The van der Waals surface area contributed by atoms with Gasteiger partial charge in [-0.05, 0) is 25.1 Å². The Morgan fingerprint density at radius 2 is 2.00 bits per heavy atom.